The fourth-order valence-corrected chi connectivity index (χ4v) is 2.25. The van der Waals surface area contributed by atoms with Crippen LogP contribution >= 0.6 is 0 Å². The molecule has 3 rings (SSSR count). The zero-order chi connectivity index (χ0) is 14.7. The van der Waals surface area contributed by atoms with Crippen molar-refractivity contribution in [2.24, 2.45) is 0 Å². The number of nitrogens with two attached hydrogens (primary N) is 2. The molecule has 0 spiro atoms. The van der Waals surface area contributed by atoms with Crippen LogP contribution in [0.25, 0.3) is 11.1 Å². The normalized spacial score (nSPS) is 10.3. The van der Waals surface area contributed by atoms with Crippen molar-refractivity contribution in [3.8, 4) is 11.1 Å². The Morgan fingerprint density at radius 1 is 0.667 bits per heavy atom. The molecule has 104 valence electrons. The number of hydrogen-bond acceptors (Lipinski definition) is 3. The zero-order valence-electron chi connectivity index (χ0n) is 11.6. The molecule has 0 bridgehead atoms. The van der Waals surface area contributed by atoms with Crippen molar-refractivity contribution in [3.05, 3.63) is 72.8 Å². The van der Waals surface area contributed by atoms with Crippen LogP contribution in [0.3, 0.4) is 0 Å². The van der Waals surface area contributed by atoms with Crippen LogP contribution in [0.4, 0.5) is 22.7 Å². The van der Waals surface area contributed by atoms with Gasteiger partial charge in [0.05, 0.1) is 0 Å². The van der Waals surface area contributed by atoms with Crippen LogP contribution < -0.4 is 16.8 Å². The van der Waals surface area contributed by atoms with E-state index in [1.54, 1.807) is 0 Å². The van der Waals surface area contributed by atoms with E-state index in [-0.39, 0.29) is 0 Å². The molecule has 0 radical (unpaired) electrons. The summed E-state index contributed by atoms with van der Waals surface area (Å²) in [6.07, 6.45) is 0. The molecule has 0 heterocycles. The lowest BCUT2D eigenvalue weighted by Gasteiger charge is -2.13. The molecular formula is C18H17N3. The molecule has 3 heteroatoms. The highest BCUT2D eigenvalue weighted by molar-refractivity contribution is 5.83. The lowest BCUT2D eigenvalue weighted by atomic mass is 10.0. The predicted octanol–water partition coefficient (Wildman–Crippen LogP) is 4.26. The maximum absolute atomic E-state index is 5.94. The van der Waals surface area contributed by atoms with Gasteiger partial charge in [-0.15, -0.1) is 0 Å². The second-order valence-electron chi connectivity index (χ2n) is 4.92. The molecule has 0 saturated carbocycles. The summed E-state index contributed by atoms with van der Waals surface area (Å²) in [4.78, 5) is 0. The van der Waals surface area contributed by atoms with Gasteiger partial charge in [0.15, 0.2) is 0 Å². The van der Waals surface area contributed by atoms with Crippen molar-refractivity contribution in [1.29, 1.82) is 0 Å². The van der Waals surface area contributed by atoms with Crippen LogP contribution in [0.1, 0.15) is 0 Å². The third-order valence-corrected chi connectivity index (χ3v) is 3.32. The fourth-order valence-electron chi connectivity index (χ4n) is 2.25. The molecule has 0 amide bonds. The highest BCUT2D eigenvalue weighted by Gasteiger charge is 2.06. The van der Waals surface area contributed by atoms with Gasteiger partial charge in [0.25, 0.3) is 0 Å². The van der Waals surface area contributed by atoms with E-state index in [0.29, 0.717) is 0 Å². The number of anilines is 4. The van der Waals surface area contributed by atoms with E-state index in [9.17, 15) is 0 Å². The molecule has 0 aliphatic rings. The van der Waals surface area contributed by atoms with Crippen molar-refractivity contribution < 1.29 is 0 Å². The Hall–Kier alpha value is -2.94. The number of nitrogen functional groups attached to an aromatic ring is 2. The van der Waals surface area contributed by atoms with Crippen LogP contribution in [0.15, 0.2) is 72.8 Å². The van der Waals surface area contributed by atoms with E-state index >= 15 is 0 Å². The quantitative estimate of drug-likeness (QED) is 0.626. The number of hydrogen-bond donors (Lipinski definition) is 3. The van der Waals surface area contributed by atoms with Gasteiger partial charge in [0.1, 0.15) is 0 Å². The van der Waals surface area contributed by atoms with Crippen LogP contribution in [-0.2, 0) is 0 Å². The van der Waals surface area contributed by atoms with Crippen molar-refractivity contribution in [2.75, 3.05) is 16.8 Å². The number of rotatable bonds is 3. The average molecular weight is 275 g/mol. The minimum Gasteiger partial charge on any atom is -0.399 e. The van der Waals surface area contributed by atoms with Crippen LogP contribution in [0.2, 0.25) is 0 Å². The van der Waals surface area contributed by atoms with E-state index in [1.165, 1.54) is 0 Å². The first-order valence-electron chi connectivity index (χ1n) is 6.80. The first kappa shape index (κ1) is 13.1. The Balaban J connectivity index is 2.03. The smallest absolute Gasteiger partial charge is 0.0465 e. The Labute approximate surface area is 124 Å². The SMILES string of the molecule is Nc1ccc(-c2cc(N)ccc2Nc2ccccc2)cc1. The lowest BCUT2D eigenvalue weighted by Crippen LogP contribution is -1.95. The largest absolute Gasteiger partial charge is 0.399 e. The van der Waals surface area contributed by atoms with E-state index in [4.69, 9.17) is 11.5 Å². The number of benzene rings is 3. The summed E-state index contributed by atoms with van der Waals surface area (Å²) in [7, 11) is 0. The second kappa shape index (κ2) is 5.59. The second-order valence-corrected chi connectivity index (χ2v) is 4.92. The summed E-state index contributed by atoms with van der Waals surface area (Å²) in [5.41, 5.74) is 17.4. The standard InChI is InChI=1S/C18H17N3/c19-14-8-6-13(7-9-14)17-12-15(20)10-11-18(17)21-16-4-2-1-3-5-16/h1-12,21H,19-20H2. The van der Waals surface area contributed by atoms with Gasteiger partial charge in [0.2, 0.25) is 0 Å². The molecule has 3 aromatic rings. The van der Waals surface area contributed by atoms with Crippen molar-refractivity contribution in [3.63, 3.8) is 0 Å². The van der Waals surface area contributed by atoms with Gasteiger partial charge in [-0.3, -0.25) is 0 Å². The van der Waals surface area contributed by atoms with Crippen LogP contribution in [0.5, 0.6) is 0 Å². The topological polar surface area (TPSA) is 64.1 Å². The van der Waals surface area contributed by atoms with Gasteiger partial charge in [-0.2, -0.15) is 0 Å². The molecule has 3 aromatic carbocycles. The van der Waals surface area contributed by atoms with E-state index in [0.717, 1.165) is 33.9 Å². The highest BCUT2D eigenvalue weighted by Crippen LogP contribution is 2.32. The monoisotopic (exact) mass is 275 g/mol. The fraction of sp³-hybridized carbons (Fsp3) is 0. The van der Waals surface area contributed by atoms with E-state index in [1.807, 2.05) is 72.8 Å². The summed E-state index contributed by atoms with van der Waals surface area (Å²) in [5, 5.41) is 3.43. The highest BCUT2D eigenvalue weighted by atomic mass is 14.9. The van der Waals surface area contributed by atoms with Gasteiger partial charge in [0, 0.05) is 28.3 Å². The molecular weight excluding hydrogens is 258 g/mol. The van der Waals surface area contributed by atoms with Gasteiger partial charge in [-0.1, -0.05) is 30.3 Å². The molecule has 0 aliphatic heterocycles. The molecule has 0 saturated heterocycles. The van der Waals surface area contributed by atoms with Crippen molar-refractivity contribution in [2.45, 2.75) is 0 Å². The van der Waals surface area contributed by atoms with E-state index < -0.39 is 0 Å². The van der Waals surface area contributed by atoms with Crippen molar-refractivity contribution in [1.82, 2.24) is 0 Å². The van der Waals surface area contributed by atoms with Crippen LogP contribution in [-0.4, -0.2) is 0 Å². The average Bonchev–Trinajstić information content (AvgIpc) is 2.51. The Kier molecular flexibility index (Phi) is 3.48. The first-order chi connectivity index (χ1) is 10.2. The predicted molar refractivity (Wildman–Crippen MR) is 90.4 cm³/mol. The molecule has 21 heavy (non-hydrogen) atoms. The summed E-state index contributed by atoms with van der Waals surface area (Å²) < 4.78 is 0. The lowest BCUT2D eigenvalue weighted by molar-refractivity contribution is 1.53. The molecule has 0 fully saturated rings. The summed E-state index contributed by atoms with van der Waals surface area (Å²) in [6, 6.07) is 23.7. The summed E-state index contributed by atoms with van der Waals surface area (Å²) in [5.74, 6) is 0. The van der Waals surface area contributed by atoms with Crippen molar-refractivity contribution >= 4 is 22.7 Å². The minimum absolute atomic E-state index is 0.737. The third-order valence-electron chi connectivity index (χ3n) is 3.32. The molecule has 0 unspecified atom stereocenters. The summed E-state index contributed by atoms with van der Waals surface area (Å²) >= 11 is 0. The maximum Gasteiger partial charge on any atom is 0.0465 e. The molecule has 0 aromatic heterocycles. The Morgan fingerprint density at radius 3 is 2.05 bits per heavy atom. The zero-order valence-corrected chi connectivity index (χ0v) is 11.6. The van der Waals surface area contributed by atoms with E-state index in [2.05, 4.69) is 5.32 Å². The molecule has 3 nitrogen and oxygen atoms in total. The third kappa shape index (κ3) is 2.98. The number of para-hydroxylation sites is 1. The minimum atomic E-state index is 0.737. The van der Waals surface area contributed by atoms with Gasteiger partial charge < -0.3 is 16.8 Å². The molecule has 5 N–H and O–H groups in total. The maximum atomic E-state index is 5.94. The van der Waals surface area contributed by atoms with Gasteiger partial charge in [-0.05, 0) is 48.0 Å². The molecule has 0 aliphatic carbocycles. The Morgan fingerprint density at radius 2 is 1.33 bits per heavy atom. The summed E-state index contributed by atoms with van der Waals surface area (Å²) in [6.45, 7) is 0. The van der Waals surface area contributed by atoms with Gasteiger partial charge in [-0.25, -0.2) is 0 Å². The van der Waals surface area contributed by atoms with Crippen LogP contribution in [0, 0.1) is 0 Å². The molecule has 0 atom stereocenters. The first-order valence-corrected chi connectivity index (χ1v) is 6.80. The Bertz CT molecular complexity index is 734. The number of nitrogens with one attached hydrogen (secondary N) is 1. The van der Waals surface area contributed by atoms with Gasteiger partial charge >= 0.3 is 0 Å².